The summed E-state index contributed by atoms with van der Waals surface area (Å²) in [5, 5.41) is 0. The van der Waals surface area contributed by atoms with Gasteiger partial charge in [0, 0.05) is 5.56 Å². The Kier molecular flexibility index (Phi) is 4.41. The lowest BCUT2D eigenvalue weighted by Gasteiger charge is -2.19. The van der Waals surface area contributed by atoms with E-state index in [1.165, 1.54) is 6.07 Å². The summed E-state index contributed by atoms with van der Waals surface area (Å²) in [6, 6.07) is 14.2. The summed E-state index contributed by atoms with van der Waals surface area (Å²) in [7, 11) is 0. The van der Waals surface area contributed by atoms with Crippen molar-refractivity contribution in [3.8, 4) is 11.1 Å². The van der Waals surface area contributed by atoms with E-state index in [0.717, 1.165) is 5.56 Å². The molecular formula is C18H19FO2. The van der Waals surface area contributed by atoms with Crippen molar-refractivity contribution in [1.29, 1.82) is 0 Å². The molecule has 0 heterocycles. The largest absolute Gasteiger partial charge is 0.460 e. The quantitative estimate of drug-likeness (QED) is 0.783. The van der Waals surface area contributed by atoms with Crippen LogP contribution >= 0.6 is 0 Å². The van der Waals surface area contributed by atoms with Crippen LogP contribution in [0.4, 0.5) is 4.39 Å². The second-order valence-electron chi connectivity index (χ2n) is 5.94. The molecule has 0 aliphatic carbocycles. The van der Waals surface area contributed by atoms with E-state index >= 15 is 0 Å². The van der Waals surface area contributed by atoms with Gasteiger partial charge in [-0.2, -0.15) is 0 Å². The van der Waals surface area contributed by atoms with Gasteiger partial charge < -0.3 is 4.74 Å². The van der Waals surface area contributed by atoms with Crippen LogP contribution in [-0.4, -0.2) is 11.6 Å². The maximum atomic E-state index is 14.2. The molecule has 0 unspecified atom stereocenters. The number of esters is 1. The van der Waals surface area contributed by atoms with E-state index in [1.807, 2.05) is 51.1 Å². The molecule has 0 aromatic heterocycles. The number of carbonyl (C=O) groups excluding carboxylic acids is 1. The molecule has 0 saturated heterocycles. The summed E-state index contributed by atoms with van der Waals surface area (Å²) < 4.78 is 19.4. The Labute approximate surface area is 124 Å². The van der Waals surface area contributed by atoms with Crippen molar-refractivity contribution in [2.24, 2.45) is 0 Å². The van der Waals surface area contributed by atoms with Gasteiger partial charge in [-0.25, -0.2) is 4.39 Å². The maximum Gasteiger partial charge on any atom is 0.310 e. The molecule has 0 saturated carbocycles. The summed E-state index contributed by atoms with van der Waals surface area (Å²) in [4.78, 5) is 11.7. The van der Waals surface area contributed by atoms with Crippen LogP contribution < -0.4 is 0 Å². The number of benzene rings is 2. The van der Waals surface area contributed by atoms with Crippen molar-refractivity contribution < 1.29 is 13.9 Å². The first-order chi connectivity index (χ1) is 9.85. The fourth-order valence-corrected chi connectivity index (χ4v) is 2.06. The molecule has 0 amide bonds. The molecule has 0 fully saturated rings. The van der Waals surface area contributed by atoms with Gasteiger partial charge in [0.15, 0.2) is 0 Å². The summed E-state index contributed by atoms with van der Waals surface area (Å²) in [5.41, 5.74) is 1.43. The van der Waals surface area contributed by atoms with Crippen LogP contribution in [0.25, 0.3) is 11.1 Å². The predicted molar refractivity (Wildman–Crippen MR) is 81.4 cm³/mol. The number of carbonyl (C=O) groups is 1. The first-order valence-electron chi connectivity index (χ1n) is 6.91. The number of rotatable bonds is 3. The Morgan fingerprint density at radius 2 is 1.76 bits per heavy atom. The van der Waals surface area contributed by atoms with Gasteiger partial charge >= 0.3 is 5.97 Å². The van der Waals surface area contributed by atoms with Crippen molar-refractivity contribution in [3.63, 3.8) is 0 Å². The zero-order chi connectivity index (χ0) is 15.5. The van der Waals surface area contributed by atoms with E-state index in [2.05, 4.69) is 0 Å². The van der Waals surface area contributed by atoms with Gasteiger partial charge in [0.2, 0.25) is 0 Å². The summed E-state index contributed by atoms with van der Waals surface area (Å²) in [5.74, 6) is -0.684. The third-order valence-corrected chi connectivity index (χ3v) is 2.89. The van der Waals surface area contributed by atoms with Gasteiger partial charge in [0.25, 0.3) is 0 Å². The van der Waals surface area contributed by atoms with Gasteiger partial charge in [-0.15, -0.1) is 0 Å². The van der Waals surface area contributed by atoms with Crippen LogP contribution in [-0.2, 0) is 16.0 Å². The molecule has 0 aliphatic heterocycles. The molecule has 0 spiro atoms. The van der Waals surface area contributed by atoms with Crippen LogP contribution in [0.5, 0.6) is 0 Å². The van der Waals surface area contributed by atoms with Crippen molar-refractivity contribution in [2.75, 3.05) is 0 Å². The van der Waals surface area contributed by atoms with Gasteiger partial charge in [0.1, 0.15) is 11.4 Å². The topological polar surface area (TPSA) is 26.3 Å². The van der Waals surface area contributed by atoms with Crippen molar-refractivity contribution in [2.45, 2.75) is 32.8 Å². The average molecular weight is 286 g/mol. The summed E-state index contributed by atoms with van der Waals surface area (Å²) in [6.07, 6.45) is 0.0727. The molecule has 2 rings (SSSR count). The zero-order valence-corrected chi connectivity index (χ0v) is 12.5. The molecular weight excluding hydrogens is 267 g/mol. The van der Waals surface area contributed by atoms with E-state index < -0.39 is 5.60 Å². The second kappa shape index (κ2) is 6.08. The van der Waals surface area contributed by atoms with Crippen LogP contribution in [0, 0.1) is 5.82 Å². The van der Waals surface area contributed by atoms with Crippen LogP contribution in [0.3, 0.4) is 0 Å². The fraction of sp³-hybridized carbons (Fsp3) is 0.278. The molecule has 21 heavy (non-hydrogen) atoms. The van der Waals surface area contributed by atoms with E-state index in [9.17, 15) is 9.18 Å². The van der Waals surface area contributed by atoms with Crippen LogP contribution in [0.1, 0.15) is 26.3 Å². The van der Waals surface area contributed by atoms with Crippen molar-refractivity contribution >= 4 is 5.97 Å². The Morgan fingerprint density at radius 3 is 2.33 bits per heavy atom. The highest BCUT2D eigenvalue weighted by Gasteiger charge is 2.17. The average Bonchev–Trinajstić information content (AvgIpc) is 2.37. The number of halogens is 1. The van der Waals surface area contributed by atoms with E-state index in [0.29, 0.717) is 11.1 Å². The smallest absolute Gasteiger partial charge is 0.310 e. The molecule has 0 radical (unpaired) electrons. The normalized spacial score (nSPS) is 11.2. The van der Waals surface area contributed by atoms with Gasteiger partial charge in [0.05, 0.1) is 6.42 Å². The Balaban J connectivity index is 2.15. The summed E-state index contributed by atoms with van der Waals surface area (Å²) in [6.45, 7) is 5.43. The minimum absolute atomic E-state index is 0.0727. The van der Waals surface area contributed by atoms with Crippen molar-refractivity contribution in [1.82, 2.24) is 0 Å². The monoisotopic (exact) mass is 286 g/mol. The lowest BCUT2D eigenvalue weighted by molar-refractivity contribution is -0.153. The lowest BCUT2D eigenvalue weighted by Crippen LogP contribution is -2.24. The molecule has 0 bridgehead atoms. The highest BCUT2D eigenvalue weighted by Crippen LogP contribution is 2.23. The Bertz CT molecular complexity index is 627. The van der Waals surface area contributed by atoms with Crippen LogP contribution in [0.2, 0.25) is 0 Å². The van der Waals surface area contributed by atoms with Gasteiger partial charge in [-0.3, -0.25) is 4.79 Å². The lowest BCUT2D eigenvalue weighted by atomic mass is 10.0. The second-order valence-corrected chi connectivity index (χ2v) is 5.94. The SMILES string of the molecule is CC(C)(C)OC(=O)Cc1ccc(-c2ccccc2)c(F)c1. The molecule has 3 heteroatoms. The minimum Gasteiger partial charge on any atom is -0.460 e. The third-order valence-electron chi connectivity index (χ3n) is 2.89. The van der Waals surface area contributed by atoms with Crippen molar-refractivity contribution in [3.05, 3.63) is 59.9 Å². The van der Waals surface area contributed by atoms with E-state index in [-0.39, 0.29) is 18.2 Å². The highest BCUT2D eigenvalue weighted by molar-refractivity contribution is 5.73. The molecule has 2 nitrogen and oxygen atoms in total. The predicted octanol–water partition coefficient (Wildman–Crippen LogP) is 4.38. The maximum absolute atomic E-state index is 14.2. The fourth-order valence-electron chi connectivity index (χ4n) is 2.06. The molecule has 0 aliphatic rings. The zero-order valence-electron chi connectivity index (χ0n) is 12.5. The van der Waals surface area contributed by atoms with Gasteiger partial charge in [-0.05, 0) is 38.0 Å². The molecule has 2 aromatic carbocycles. The first kappa shape index (κ1) is 15.2. The molecule has 0 atom stereocenters. The van der Waals surface area contributed by atoms with E-state index in [4.69, 9.17) is 4.74 Å². The first-order valence-corrected chi connectivity index (χ1v) is 6.91. The Hall–Kier alpha value is -2.16. The third kappa shape index (κ3) is 4.42. The number of hydrogen-bond donors (Lipinski definition) is 0. The van der Waals surface area contributed by atoms with Gasteiger partial charge in [-0.1, -0.05) is 42.5 Å². The number of hydrogen-bond acceptors (Lipinski definition) is 2. The standard InChI is InChI=1S/C18H19FO2/c1-18(2,3)21-17(20)12-13-9-10-15(16(19)11-13)14-7-5-4-6-8-14/h4-11H,12H2,1-3H3. The minimum atomic E-state index is -0.528. The summed E-state index contributed by atoms with van der Waals surface area (Å²) >= 11 is 0. The highest BCUT2D eigenvalue weighted by atomic mass is 19.1. The van der Waals surface area contributed by atoms with Crippen LogP contribution in [0.15, 0.2) is 48.5 Å². The molecule has 2 aromatic rings. The molecule has 110 valence electrons. The molecule has 0 N–H and O–H groups in total. The Morgan fingerprint density at radius 1 is 1.10 bits per heavy atom. The number of ether oxygens (including phenoxy) is 1. The van der Waals surface area contributed by atoms with E-state index in [1.54, 1.807) is 12.1 Å².